The molecule has 1 unspecified atom stereocenters. The van der Waals surface area contributed by atoms with E-state index in [0.29, 0.717) is 18.0 Å². The maximum Gasteiger partial charge on any atom is 0.339 e. The number of benzene rings is 1. The van der Waals surface area contributed by atoms with Crippen LogP contribution >= 0.6 is 0 Å². The highest BCUT2D eigenvalue weighted by Crippen LogP contribution is 2.22. The lowest BCUT2D eigenvalue weighted by atomic mass is 10.0. The van der Waals surface area contributed by atoms with Crippen molar-refractivity contribution >= 4 is 17.6 Å². The molecule has 1 aliphatic rings. The molecule has 1 atom stereocenters. The van der Waals surface area contributed by atoms with E-state index in [1.165, 1.54) is 18.2 Å². The standard InChI is InChI=1S/C13H16N2O4/c16-11-6-9(1-2-10(11)13(18)19)15-12(17)5-8-3-4-14-7-8/h1-2,6,8,14,16H,3-5,7H2,(H,15,17)(H,18,19). The van der Waals surface area contributed by atoms with Crippen molar-refractivity contribution < 1.29 is 19.8 Å². The summed E-state index contributed by atoms with van der Waals surface area (Å²) in [7, 11) is 0. The first-order valence-corrected chi connectivity index (χ1v) is 6.13. The van der Waals surface area contributed by atoms with E-state index in [1.54, 1.807) is 0 Å². The predicted octanol–water partition coefficient (Wildman–Crippen LogP) is 1.03. The number of carbonyl (C=O) groups excluding carboxylic acids is 1. The normalized spacial score (nSPS) is 18.2. The topological polar surface area (TPSA) is 98.7 Å². The Hall–Kier alpha value is -2.08. The number of hydrogen-bond acceptors (Lipinski definition) is 4. The van der Waals surface area contributed by atoms with Gasteiger partial charge in [0.1, 0.15) is 11.3 Å². The van der Waals surface area contributed by atoms with Gasteiger partial charge >= 0.3 is 5.97 Å². The van der Waals surface area contributed by atoms with Gasteiger partial charge in [0.25, 0.3) is 0 Å². The highest BCUT2D eigenvalue weighted by molar-refractivity contribution is 5.94. The van der Waals surface area contributed by atoms with Gasteiger partial charge in [-0.1, -0.05) is 0 Å². The van der Waals surface area contributed by atoms with Crippen molar-refractivity contribution in [2.24, 2.45) is 5.92 Å². The number of phenols is 1. The van der Waals surface area contributed by atoms with Crippen LogP contribution in [0.1, 0.15) is 23.2 Å². The monoisotopic (exact) mass is 264 g/mol. The van der Waals surface area contributed by atoms with Crippen LogP contribution in [0.15, 0.2) is 18.2 Å². The van der Waals surface area contributed by atoms with Crippen LogP contribution in [-0.4, -0.2) is 35.2 Å². The van der Waals surface area contributed by atoms with E-state index in [4.69, 9.17) is 5.11 Å². The van der Waals surface area contributed by atoms with E-state index in [0.717, 1.165) is 19.5 Å². The van der Waals surface area contributed by atoms with Gasteiger partial charge in [-0.25, -0.2) is 4.79 Å². The van der Waals surface area contributed by atoms with Crippen LogP contribution in [0.3, 0.4) is 0 Å². The Morgan fingerprint density at radius 1 is 1.42 bits per heavy atom. The summed E-state index contributed by atoms with van der Waals surface area (Å²) in [5.74, 6) is -1.34. The summed E-state index contributed by atoms with van der Waals surface area (Å²) in [5.41, 5.74) is 0.219. The number of anilines is 1. The molecule has 0 spiro atoms. The first-order chi connectivity index (χ1) is 9.06. The van der Waals surface area contributed by atoms with Crippen molar-refractivity contribution in [1.82, 2.24) is 5.32 Å². The largest absolute Gasteiger partial charge is 0.507 e. The Morgan fingerprint density at radius 3 is 2.79 bits per heavy atom. The molecule has 0 radical (unpaired) electrons. The molecule has 0 aromatic heterocycles. The quantitative estimate of drug-likeness (QED) is 0.651. The molecule has 1 aromatic rings. The molecule has 1 fully saturated rings. The molecule has 1 heterocycles. The molecule has 0 aliphatic carbocycles. The average molecular weight is 264 g/mol. The molecule has 0 bridgehead atoms. The summed E-state index contributed by atoms with van der Waals surface area (Å²) in [4.78, 5) is 22.5. The van der Waals surface area contributed by atoms with Gasteiger partial charge in [-0.15, -0.1) is 0 Å². The summed E-state index contributed by atoms with van der Waals surface area (Å²) in [6.07, 6.45) is 1.41. The van der Waals surface area contributed by atoms with Gasteiger partial charge in [0.05, 0.1) is 0 Å². The SMILES string of the molecule is O=C(CC1CCNC1)Nc1ccc(C(=O)O)c(O)c1. The van der Waals surface area contributed by atoms with E-state index < -0.39 is 5.97 Å². The van der Waals surface area contributed by atoms with Crippen LogP contribution < -0.4 is 10.6 Å². The zero-order valence-corrected chi connectivity index (χ0v) is 10.3. The van der Waals surface area contributed by atoms with Crippen molar-refractivity contribution in [3.8, 4) is 5.75 Å². The van der Waals surface area contributed by atoms with Gasteiger partial charge in [-0.05, 0) is 37.6 Å². The minimum absolute atomic E-state index is 0.129. The number of hydrogen-bond donors (Lipinski definition) is 4. The molecule has 2 rings (SSSR count). The van der Waals surface area contributed by atoms with Crippen LogP contribution in [0.25, 0.3) is 0 Å². The minimum Gasteiger partial charge on any atom is -0.507 e. The van der Waals surface area contributed by atoms with Gasteiger partial charge in [0, 0.05) is 18.2 Å². The van der Waals surface area contributed by atoms with Gasteiger partial charge in [0.15, 0.2) is 0 Å². The molecule has 102 valence electrons. The Balaban J connectivity index is 1.96. The molecule has 6 nitrogen and oxygen atoms in total. The van der Waals surface area contributed by atoms with Gasteiger partial charge in [-0.3, -0.25) is 4.79 Å². The fourth-order valence-corrected chi connectivity index (χ4v) is 2.15. The van der Waals surface area contributed by atoms with Gasteiger partial charge in [0.2, 0.25) is 5.91 Å². The number of aromatic carboxylic acids is 1. The molecular weight excluding hydrogens is 248 g/mol. The number of carboxylic acid groups (broad SMARTS) is 1. The van der Waals surface area contributed by atoms with Gasteiger partial charge in [-0.2, -0.15) is 0 Å². The van der Waals surface area contributed by atoms with Crippen LogP contribution in [-0.2, 0) is 4.79 Å². The molecule has 6 heteroatoms. The summed E-state index contributed by atoms with van der Waals surface area (Å²) >= 11 is 0. The maximum atomic E-state index is 11.8. The molecule has 1 aliphatic heterocycles. The van der Waals surface area contributed by atoms with E-state index in [1.807, 2.05) is 0 Å². The Bertz CT molecular complexity index is 495. The Labute approximate surface area is 110 Å². The lowest BCUT2D eigenvalue weighted by Gasteiger charge is -2.10. The Morgan fingerprint density at radius 2 is 2.21 bits per heavy atom. The number of carbonyl (C=O) groups is 2. The lowest BCUT2D eigenvalue weighted by Crippen LogP contribution is -2.18. The smallest absolute Gasteiger partial charge is 0.339 e. The van der Waals surface area contributed by atoms with Crippen molar-refractivity contribution in [2.75, 3.05) is 18.4 Å². The third-order valence-corrected chi connectivity index (χ3v) is 3.15. The molecule has 1 amide bonds. The number of amides is 1. The van der Waals surface area contributed by atoms with Crippen molar-refractivity contribution in [3.63, 3.8) is 0 Å². The molecule has 0 saturated carbocycles. The minimum atomic E-state index is -1.20. The number of aromatic hydroxyl groups is 1. The molecule has 1 saturated heterocycles. The second-order valence-electron chi connectivity index (χ2n) is 4.65. The zero-order chi connectivity index (χ0) is 13.8. The molecular formula is C13H16N2O4. The van der Waals surface area contributed by atoms with Crippen molar-refractivity contribution in [2.45, 2.75) is 12.8 Å². The lowest BCUT2D eigenvalue weighted by molar-refractivity contribution is -0.116. The fraction of sp³-hybridized carbons (Fsp3) is 0.385. The third kappa shape index (κ3) is 3.45. The Kier molecular flexibility index (Phi) is 4.01. The van der Waals surface area contributed by atoms with E-state index in [9.17, 15) is 14.7 Å². The number of nitrogens with one attached hydrogen (secondary N) is 2. The summed E-state index contributed by atoms with van der Waals surface area (Å²) in [5, 5.41) is 24.1. The predicted molar refractivity (Wildman–Crippen MR) is 69.3 cm³/mol. The molecule has 4 N–H and O–H groups in total. The van der Waals surface area contributed by atoms with Crippen LogP contribution in [0.4, 0.5) is 5.69 Å². The molecule has 19 heavy (non-hydrogen) atoms. The summed E-state index contributed by atoms with van der Waals surface area (Å²) in [6.45, 7) is 1.78. The van der Waals surface area contributed by atoms with Crippen LogP contribution in [0, 0.1) is 5.92 Å². The first-order valence-electron chi connectivity index (χ1n) is 6.13. The summed E-state index contributed by atoms with van der Waals surface area (Å²) < 4.78 is 0. The second kappa shape index (κ2) is 5.71. The highest BCUT2D eigenvalue weighted by atomic mass is 16.4. The fourth-order valence-electron chi connectivity index (χ4n) is 2.15. The van der Waals surface area contributed by atoms with Crippen molar-refractivity contribution in [1.29, 1.82) is 0 Å². The zero-order valence-electron chi connectivity index (χ0n) is 10.3. The maximum absolute atomic E-state index is 11.8. The summed E-state index contributed by atoms with van der Waals surface area (Å²) in [6, 6.07) is 3.98. The van der Waals surface area contributed by atoms with Crippen molar-refractivity contribution in [3.05, 3.63) is 23.8 Å². The van der Waals surface area contributed by atoms with Crippen LogP contribution in [0.5, 0.6) is 5.75 Å². The number of carboxylic acids is 1. The van der Waals surface area contributed by atoms with Crippen LogP contribution in [0.2, 0.25) is 0 Å². The van der Waals surface area contributed by atoms with Gasteiger partial charge < -0.3 is 20.8 Å². The third-order valence-electron chi connectivity index (χ3n) is 3.15. The highest BCUT2D eigenvalue weighted by Gasteiger charge is 2.18. The van der Waals surface area contributed by atoms with E-state index in [2.05, 4.69) is 10.6 Å². The number of rotatable bonds is 4. The van der Waals surface area contributed by atoms with E-state index in [-0.39, 0.29) is 17.2 Å². The first kappa shape index (κ1) is 13.4. The average Bonchev–Trinajstić information content (AvgIpc) is 2.81. The second-order valence-corrected chi connectivity index (χ2v) is 4.65. The van der Waals surface area contributed by atoms with E-state index >= 15 is 0 Å². The molecule has 1 aromatic carbocycles.